The first-order valence-electron chi connectivity index (χ1n) is 23.7. The zero-order valence-corrected chi connectivity index (χ0v) is 41.0. The first-order chi connectivity index (χ1) is 34.0. The van der Waals surface area contributed by atoms with Crippen LogP contribution in [-0.4, -0.2) is 158 Å². The van der Waals surface area contributed by atoms with Gasteiger partial charge in [0.05, 0.1) is 6.04 Å². The smallest absolute Gasteiger partial charge is 0.326 e. The molecule has 7 atom stereocenters. The number of rotatable bonds is 40. The lowest BCUT2D eigenvalue weighted by Gasteiger charge is -2.28. The molecule has 7 amide bonds. The molecule has 0 rings (SSSR count). The number of primary amides is 1. The number of unbranched alkanes of at least 4 members (excludes halogenated alkanes) is 2. The average Bonchev–Trinajstić information content (AvgIpc) is 3.30. The van der Waals surface area contributed by atoms with Gasteiger partial charge in [0.15, 0.2) is 23.8 Å². The molecule has 31 nitrogen and oxygen atoms in total. The van der Waals surface area contributed by atoms with E-state index in [0.29, 0.717) is 38.6 Å². The van der Waals surface area contributed by atoms with E-state index in [1.54, 1.807) is 0 Å². The molecule has 31 heteroatoms. The van der Waals surface area contributed by atoms with Crippen LogP contribution in [0.1, 0.15) is 103 Å². The molecule has 410 valence electrons. The summed E-state index contributed by atoms with van der Waals surface area (Å²) in [7, 11) is 0. The number of hydrogen-bond acceptors (Lipinski definition) is 15. The van der Waals surface area contributed by atoms with E-state index < -0.39 is 96.0 Å². The third-order valence-electron chi connectivity index (χ3n) is 10.5. The molecule has 0 radical (unpaired) electrons. The van der Waals surface area contributed by atoms with Gasteiger partial charge in [-0.15, -0.1) is 0 Å². The molecule has 0 saturated carbocycles. The monoisotopic (exact) mass is 1030 g/mol. The molecule has 0 aliphatic carbocycles. The van der Waals surface area contributed by atoms with Crippen LogP contribution in [0.5, 0.6) is 0 Å². The Morgan fingerprint density at radius 2 is 0.625 bits per heavy atom. The molecular formula is C41H82N22O9. The number of nitrogens with zero attached hydrogens (tertiary/aromatic N) is 4. The number of guanidine groups is 4. The van der Waals surface area contributed by atoms with Crippen LogP contribution in [0.2, 0.25) is 0 Å². The Morgan fingerprint density at radius 3 is 0.917 bits per heavy atom. The van der Waals surface area contributed by atoms with Gasteiger partial charge in [-0.05, 0) is 109 Å². The second kappa shape index (κ2) is 37.5. The van der Waals surface area contributed by atoms with Gasteiger partial charge in [0.2, 0.25) is 41.4 Å². The zero-order chi connectivity index (χ0) is 54.6. The fraction of sp³-hybridized carbons (Fsp3) is 0.707. The van der Waals surface area contributed by atoms with Crippen LogP contribution in [-0.2, 0) is 38.4 Å². The lowest BCUT2D eigenvalue weighted by molar-refractivity contribution is -0.142. The van der Waals surface area contributed by atoms with E-state index in [0.717, 1.165) is 0 Å². The standard InChI is InChI=1S/C41H82N22O9/c42-17-3-1-10-24(58-31(65)23(44)9-5-19-54-38(46)47)32(66)59-25(11-2-4-18-43)33(67)60-26(12-6-20-55-39(48)49)34(68)61-27(13-7-21-56-40(50)51)35(69)62-28(15-16-30(45)64)36(70)63-29(37(71)72)14-8-22-57-41(52)53/h23-29H,1-22,42-44H2,(H2,45,64)(H,58,65)(H,59,66)(H,60,67)(H,61,68)(H,62,69)(H,63,70)(H,71,72)(H4,46,47,54)(H4,48,49,55)(H4,50,51,56)(H4,52,53,57). The van der Waals surface area contributed by atoms with Gasteiger partial charge in [-0.2, -0.15) is 0 Å². The number of hydrogen-bond donors (Lipinski definition) is 19. The van der Waals surface area contributed by atoms with Gasteiger partial charge in [-0.25, -0.2) is 4.79 Å². The number of amides is 7. The number of nitrogens with one attached hydrogen (secondary N) is 6. The number of nitrogens with two attached hydrogens (primary N) is 12. The van der Waals surface area contributed by atoms with Crippen molar-refractivity contribution in [2.75, 3.05) is 39.3 Å². The molecule has 7 unspecified atom stereocenters. The summed E-state index contributed by atoms with van der Waals surface area (Å²) in [5.74, 6) is -8.07. The lowest BCUT2D eigenvalue weighted by Crippen LogP contribution is -2.59. The molecule has 0 aromatic carbocycles. The molecule has 0 bridgehead atoms. The zero-order valence-electron chi connectivity index (χ0n) is 41.0. The fourth-order valence-electron chi connectivity index (χ4n) is 6.68. The van der Waals surface area contributed by atoms with Crippen molar-refractivity contribution in [3.63, 3.8) is 0 Å². The highest BCUT2D eigenvalue weighted by Gasteiger charge is 2.34. The minimum absolute atomic E-state index is 0.00436. The number of carbonyl (C=O) groups is 8. The summed E-state index contributed by atoms with van der Waals surface area (Å²) < 4.78 is 0. The van der Waals surface area contributed by atoms with Gasteiger partial charge < -0.3 is 106 Å². The van der Waals surface area contributed by atoms with Crippen LogP contribution < -0.4 is 101 Å². The first kappa shape index (κ1) is 64.7. The Kier molecular flexibility index (Phi) is 33.7. The highest BCUT2D eigenvalue weighted by atomic mass is 16.4. The first-order valence-corrected chi connectivity index (χ1v) is 23.7. The molecule has 0 spiro atoms. The van der Waals surface area contributed by atoms with Crippen LogP contribution in [0.25, 0.3) is 0 Å². The van der Waals surface area contributed by atoms with E-state index in [9.17, 15) is 43.5 Å². The lowest BCUT2D eigenvalue weighted by atomic mass is 10.0. The van der Waals surface area contributed by atoms with Crippen molar-refractivity contribution in [3.05, 3.63) is 0 Å². The molecule has 0 aliphatic rings. The summed E-state index contributed by atoms with van der Waals surface area (Å²) in [6.45, 7) is 0.864. The molecule has 31 N–H and O–H groups in total. The number of aliphatic imine (C=N–C) groups is 4. The van der Waals surface area contributed by atoms with Crippen LogP contribution in [0.15, 0.2) is 20.0 Å². The molecule has 0 aromatic heterocycles. The van der Waals surface area contributed by atoms with E-state index in [-0.39, 0.29) is 121 Å². The Labute approximate surface area is 418 Å². The summed E-state index contributed by atoms with van der Waals surface area (Å²) in [4.78, 5) is 123. The van der Waals surface area contributed by atoms with E-state index in [1.807, 2.05) is 0 Å². The molecule has 72 heavy (non-hydrogen) atoms. The summed E-state index contributed by atoms with van der Waals surface area (Å²) in [5, 5.41) is 25.3. The second-order valence-corrected chi connectivity index (χ2v) is 16.7. The van der Waals surface area contributed by atoms with Crippen molar-refractivity contribution in [1.82, 2.24) is 31.9 Å². The highest BCUT2D eigenvalue weighted by Crippen LogP contribution is 2.11. The number of carbonyl (C=O) groups excluding carboxylic acids is 7. The quantitative estimate of drug-likeness (QED) is 0.0154. The van der Waals surface area contributed by atoms with Crippen molar-refractivity contribution in [3.8, 4) is 0 Å². The number of carboxylic acids is 1. The third kappa shape index (κ3) is 31.0. The minimum atomic E-state index is -1.54. The predicted octanol–water partition coefficient (Wildman–Crippen LogP) is -7.95. The Balaban J connectivity index is 6.86. The van der Waals surface area contributed by atoms with Crippen molar-refractivity contribution in [2.45, 2.75) is 145 Å². The maximum absolute atomic E-state index is 14.3. The largest absolute Gasteiger partial charge is 0.480 e. The van der Waals surface area contributed by atoms with Gasteiger partial charge in [0.1, 0.15) is 36.3 Å². The predicted molar refractivity (Wildman–Crippen MR) is 271 cm³/mol. The van der Waals surface area contributed by atoms with Gasteiger partial charge >= 0.3 is 5.97 Å². The van der Waals surface area contributed by atoms with E-state index in [4.69, 9.17) is 68.8 Å². The molecule has 0 saturated heterocycles. The van der Waals surface area contributed by atoms with Crippen LogP contribution in [0, 0.1) is 0 Å². The van der Waals surface area contributed by atoms with Gasteiger partial charge in [0.25, 0.3) is 0 Å². The Hall–Kier alpha value is -7.28. The topological polar surface area (TPSA) is 591 Å². The van der Waals surface area contributed by atoms with Crippen LogP contribution in [0.3, 0.4) is 0 Å². The second-order valence-electron chi connectivity index (χ2n) is 16.7. The van der Waals surface area contributed by atoms with E-state index >= 15 is 0 Å². The summed E-state index contributed by atoms with van der Waals surface area (Å²) in [6.07, 6.45) is 1.72. The molecule has 0 aliphatic heterocycles. The average molecular weight is 1030 g/mol. The van der Waals surface area contributed by atoms with Crippen molar-refractivity contribution < 1.29 is 43.5 Å². The fourth-order valence-corrected chi connectivity index (χ4v) is 6.68. The normalized spacial score (nSPS) is 13.7. The van der Waals surface area contributed by atoms with Crippen LogP contribution >= 0.6 is 0 Å². The highest BCUT2D eigenvalue weighted by molar-refractivity contribution is 5.97. The molecule has 0 heterocycles. The summed E-state index contributed by atoms with van der Waals surface area (Å²) in [5.41, 5.74) is 66.3. The minimum Gasteiger partial charge on any atom is -0.480 e. The molecular weight excluding hydrogens is 945 g/mol. The SMILES string of the molecule is NCCCCC(NC(=O)C(N)CCCN=C(N)N)C(=O)NC(CCCCN)C(=O)NC(CCCN=C(N)N)C(=O)NC(CCCN=C(N)N)C(=O)NC(CCC(N)=O)C(=O)NC(CCCN=C(N)N)C(=O)O. The van der Waals surface area contributed by atoms with Gasteiger partial charge in [-0.3, -0.25) is 53.5 Å². The van der Waals surface area contributed by atoms with Crippen LogP contribution in [0.4, 0.5) is 0 Å². The van der Waals surface area contributed by atoms with Crippen molar-refractivity contribution >= 4 is 71.2 Å². The number of aliphatic carboxylic acids is 1. The van der Waals surface area contributed by atoms with E-state index in [2.05, 4.69) is 51.9 Å². The Bertz CT molecular complexity index is 1830. The maximum atomic E-state index is 14.3. The van der Waals surface area contributed by atoms with Gasteiger partial charge in [0, 0.05) is 32.6 Å². The summed E-state index contributed by atoms with van der Waals surface area (Å²) in [6, 6.07) is -9.31. The summed E-state index contributed by atoms with van der Waals surface area (Å²) >= 11 is 0. The third-order valence-corrected chi connectivity index (χ3v) is 10.5. The van der Waals surface area contributed by atoms with Crippen molar-refractivity contribution in [2.24, 2.45) is 88.8 Å². The molecule has 0 fully saturated rings. The maximum Gasteiger partial charge on any atom is 0.326 e. The Morgan fingerprint density at radius 1 is 0.361 bits per heavy atom. The number of carboxylic acid groups (broad SMARTS) is 1. The molecule has 0 aromatic rings. The van der Waals surface area contributed by atoms with E-state index in [1.165, 1.54) is 0 Å². The van der Waals surface area contributed by atoms with Gasteiger partial charge in [-0.1, -0.05) is 0 Å². The van der Waals surface area contributed by atoms with Crippen molar-refractivity contribution in [1.29, 1.82) is 0 Å².